The Morgan fingerprint density at radius 2 is 0.845 bits per heavy atom. The summed E-state index contributed by atoms with van der Waals surface area (Å²) in [6.07, 6.45) is 57.2. The highest BCUT2D eigenvalue weighted by Gasteiger charge is 2.18. The van der Waals surface area contributed by atoms with Gasteiger partial charge in [-0.2, -0.15) is 0 Å². The van der Waals surface area contributed by atoms with Gasteiger partial charge in [0.1, 0.15) is 0 Å². The Morgan fingerprint density at radius 3 is 1.28 bits per heavy atom. The molecule has 3 N–H and O–H groups in total. The standard InChI is InChI=1S/C52H97NO5/c1-3-5-7-9-11-13-15-16-18-22-26-30-34-38-42-46-52(57)58-47-43-39-35-31-27-23-20-17-19-21-25-29-33-37-41-45-51(56)53-49(48-54)50(55)44-40-36-32-28-24-14-12-10-8-6-4-2/h17,20,23,27,40,44,49-50,54-55H,3-16,18-19,21-22,24-26,28-39,41-43,45-48H2,1-2H3,(H,53,56)/b20-17-,27-23-,44-40+. The summed E-state index contributed by atoms with van der Waals surface area (Å²) in [7, 11) is 0. The second-order valence-corrected chi connectivity index (χ2v) is 17.2. The second kappa shape index (κ2) is 47.8. The average Bonchev–Trinajstić information content (AvgIpc) is 3.22. The summed E-state index contributed by atoms with van der Waals surface area (Å²) in [5, 5.41) is 22.9. The van der Waals surface area contributed by atoms with Crippen molar-refractivity contribution < 1.29 is 24.5 Å². The van der Waals surface area contributed by atoms with Crippen molar-refractivity contribution in [1.82, 2.24) is 5.32 Å². The first kappa shape index (κ1) is 56.1. The van der Waals surface area contributed by atoms with Crippen molar-refractivity contribution in [3.63, 3.8) is 0 Å². The first-order chi connectivity index (χ1) is 28.5. The Labute approximate surface area is 360 Å². The molecule has 0 saturated carbocycles. The molecule has 0 saturated heterocycles. The van der Waals surface area contributed by atoms with E-state index in [1.165, 1.54) is 154 Å². The molecule has 0 spiro atoms. The monoisotopic (exact) mass is 816 g/mol. The lowest BCUT2D eigenvalue weighted by Gasteiger charge is -2.20. The number of hydrogen-bond acceptors (Lipinski definition) is 5. The zero-order valence-electron chi connectivity index (χ0n) is 38.5. The number of carbonyl (C=O) groups is 2. The molecule has 0 radical (unpaired) electrons. The molecule has 0 aliphatic heterocycles. The molecule has 0 aromatic heterocycles. The number of unbranched alkanes of at least 4 members (excludes halogenated alkanes) is 32. The van der Waals surface area contributed by atoms with E-state index >= 15 is 0 Å². The lowest BCUT2D eigenvalue weighted by molar-refractivity contribution is -0.143. The number of allylic oxidation sites excluding steroid dienone is 5. The van der Waals surface area contributed by atoms with Crippen LogP contribution in [0.25, 0.3) is 0 Å². The molecule has 0 aromatic rings. The number of hydrogen-bond donors (Lipinski definition) is 3. The predicted molar refractivity (Wildman–Crippen MR) is 250 cm³/mol. The molecule has 0 aromatic carbocycles. The number of ether oxygens (including phenoxy) is 1. The summed E-state index contributed by atoms with van der Waals surface area (Å²) in [6, 6.07) is -0.643. The maximum atomic E-state index is 12.4. The molecule has 0 aliphatic rings. The number of amides is 1. The second-order valence-electron chi connectivity index (χ2n) is 17.2. The van der Waals surface area contributed by atoms with E-state index in [1.54, 1.807) is 6.08 Å². The topological polar surface area (TPSA) is 95.9 Å². The van der Waals surface area contributed by atoms with Crippen LogP contribution in [0.1, 0.15) is 258 Å². The number of aliphatic hydroxyl groups is 2. The molecular weight excluding hydrogens is 719 g/mol. The van der Waals surface area contributed by atoms with Gasteiger partial charge in [-0.05, 0) is 64.2 Å². The molecule has 0 rings (SSSR count). The zero-order chi connectivity index (χ0) is 42.3. The number of nitrogens with one attached hydrogen (secondary N) is 1. The summed E-state index contributed by atoms with van der Waals surface area (Å²) in [5.74, 6) is -0.113. The van der Waals surface area contributed by atoms with Crippen molar-refractivity contribution in [1.29, 1.82) is 0 Å². The molecule has 0 fully saturated rings. The molecule has 0 heterocycles. The third-order valence-electron chi connectivity index (χ3n) is 11.4. The van der Waals surface area contributed by atoms with Crippen LogP contribution < -0.4 is 5.32 Å². The van der Waals surface area contributed by atoms with Gasteiger partial charge in [0.15, 0.2) is 0 Å². The number of carbonyl (C=O) groups excluding carboxylic acids is 2. The van der Waals surface area contributed by atoms with Gasteiger partial charge in [-0.1, -0.05) is 217 Å². The highest BCUT2D eigenvalue weighted by atomic mass is 16.5. The van der Waals surface area contributed by atoms with Crippen LogP contribution in [0.15, 0.2) is 36.5 Å². The van der Waals surface area contributed by atoms with Crippen molar-refractivity contribution in [2.45, 2.75) is 270 Å². The molecule has 6 heteroatoms. The van der Waals surface area contributed by atoms with Crippen LogP contribution >= 0.6 is 0 Å². The summed E-state index contributed by atoms with van der Waals surface area (Å²) >= 11 is 0. The van der Waals surface area contributed by atoms with Crippen LogP contribution in [0, 0.1) is 0 Å². The van der Waals surface area contributed by atoms with Crippen LogP contribution in [0.5, 0.6) is 0 Å². The fraction of sp³-hybridized carbons (Fsp3) is 0.846. The molecule has 1 amide bonds. The van der Waals surface area contributed by atoms with Crippen molar-refractivity contribution >= 4 is 11.9 Å². The lowest BCUT2D eigenvalue weighted by atomic mass is 10.0. The van der Waals surface area contributed by atoms with E-state index in [0.29, 0.717) is 19.4 Å². The van der Waals surface area contributed by atoms with E-state index < -0.39 is 12.1 Å². The van der Waals surface area contributed by atoms with Gasteiger partial charge in [-0.15, -0.1) is 0 Å². The minimum absolute atomic E-state index is 0.0208. The highest BCUT2D eigenvalue weighted by Crippen LogP contribution is 2.15. The van der Waals surface area contributed by atoms with Crippen LogP contribution in [0.4, 0.5) is 0 Å². The molecule has 0 bridgehead atoms. The Kier molecular flexibility index (Phi) is 46.2. The Hall–Kier alpha value is -1.92. The van der Waals surface area contributed by atoms with Crippen LogP contribution in [-0.2, 0) is 14.3 Å². The molecule has 2 unspecified atom stereocenters. The minimum atomic E-state index is -0.857. The minimum Gasteiger partial charge on any atom is -0.466 e. The average molecular weight is 816 g/mol. The normalized spacial score (nSPS) is 13.0. The highest BCUT2D eigenvalue weighted by molar-refractivity contribution is 5.76. The Balaban J connectivity index is 3.53. The molecule has 6 nitrogen and oxygen atoms in total. The van der Waals surface area contributed by atoms with E-state index in [0.717, 1.165) is 77.0 Å². The first-order valence-corrected chi connectivity index (χ1v) is 25.3. The molecule has 0 aliphatic carbocycles. The van der Waals surface area contributed by atoms with Crippen molar-refractivity contribution in [2.24, 2.45) is 0 Å². The molecule has 340 valence electrons. The fourth-order valence-corrected chi connectivity index (χ4v) is 7.50. The number of aliphatic hydroxyl groups excluding tert-OH is 2. The van der Waals surface area contributed by atoms with E-state index in [4.69, 9.17) is 4.74 Å². The van der Waals surface area contributed by atoms with E-state index in [-0.39, 0.29) is 18.5 Å². The van der Waals surface area contributed by atoms with Gasteiger partial charge in [-0.25, -0.2) is 0 Å². The summed E-state index contributed by atoms with van der Waals surface area (Å²) in [6.45, 7) is 4.83. The Bertz CT molecular complexity index is 946. The van der Waals surface area contributed by atoms with Gasteiger partial charge in [0, 0.05) is 12.8 Å². The SMILES string of the molecule is CCCCCCCCCCC/C=C/C(O)C(CO)NC(=O)CCCCCCCC/C=C\C=C/CCCCCOC(=O)CCCCCCCCCCCCCCCCC. The Morgan fingerprint density at radius 1 is 0.483 bits per heavy atom. The van der Waals surface area contributed by atoms with Gasteiger partial charge in [0.05, 0.1) is 25.4 Å². The van der Waals surface area contributed by atoms with Gasteiger partial charge in [-0.3, -0.25) is 9.59 Å². The molecule has 58 heavy (non-hydrogen) atoms. The molecular formula is C52H97NO5. The number of esters is 1. The van der Waals surface area contributed by atoms with Gasteiger partial charge < -0.3 is 20.3 Å². The van der Waals surface area contributed by atoms with Gasteiger partial charge >= 0.3 is 5.97 Å². The predicted octanol–water partition coefficient (Wildman–Crippen LogP) is 14.9. The number of rotatable bonds is 46. The fourth-order valence-electron chi connectivity index (χ4n) is 7.50. The van der Waals surface area contributed by atoms with Crippen molar-refractivity contribution in [3.05, 3.63) is 36.5 Å². The van der Waals surface area contributed by atoms with Crippen LogP contribution in [0.3, 0.4) is 0 Å². The van der Waals surface area contributed by atoms with Crippen molar-refractivity contribution in [2.75, 3.05) is 13.2 Å². The lowest BCUT2D eigenvalue weighted by Crippen LogP contribution is -2.45. The summed E-state index contributed by atoms with van der Waals surface area (Å²) in [4.78, 5) is 24.4. The summed E-state index contributed by atoms with van der Waals surface area (Å²) < 4.78 is 5.44. The third kappa shape index (κ3) is 43.7. The van der Waals surface area contributed by atoms with Crippen LogP contribution in [0.2, 0.25) is 0 Å². The largest absolute Gasteiger partial charge is 0.466 e. The smallest absolute Gasteiger partial charge is 0.305 e. The maximum Gasteiger partial charge on any atom is 0.305 e. The third-order valence-corrected chi connectivity index (χ3v) is 11.4. The maximum absolute atomic E-state index is 12.4. The van der Waals surface area contributed by atoms with Gasteiger partial charge in [0.25, 0.3) is 0 Å². The first-order valence-electron chi connectivity index (χ1n) is 25.3. The van der Waals surface area contributed by atoms with E-state index in [9.17, 15) is 19.8 Å². The summed E-state index contributed by atoms with van der Waals surface area (Å²) in [5.41, 5.74) is 0. The van der Waals surface area contributed by atoms with E-state index in [1.807, 2.05) is 6.08 Å². The van der Waals surface area contributed by atoms with Gasteiger partial charge in [0.2, 0.25) is 5.91 Å². The zero-order valence-corrected chi connectivity index (χ0v) is 38.5. The molecule has 2 atom stereocenters. The van der Waals surface area contributed by atoms with E-state index in [2.05, 4.69) is 43.5 Å². The quantitative estimate of drug-likeness (QED) is 0.0246. The van der Waals surface area contributed by atoms with Crippen molar-refractivity contribution in [3.8, 4) is 0 Å². The van der Waals surface area contributed by atoms with Crippen LogP contribution in [-0.4, -0.2) is 47.4 Å².